The van der Waals surface area contributed by atoms with E-state index in [9.17, 15) is 5.11 Å². The van der Waals surface area contributed by atoms with E-state index in [1.54, 1.807) is 6.07 Å². The number of aryl methyl sites for hydroxylation is 2. The number of nitrogens with zero attached hydrogens (tertiary/aromatic N) is 3. The lowest BCUT2D eigenvalue weighted by Crippen LogP contribution is -2.27. The van der Waals surface area contributed by atoms with Crippen molar-refractivity contribution in [3.8, 4) is 16.9 Å². The molecule has 8 heteroatoms. The smallest absolute Gasteiger partial charge is 0.461 e. The summed E-state index contributed by atoms with van der Waals surface area (Å²) in [5.41, 5.74) is 4.65. The molecule has 0 aromatic heterocycles. The van der Waals surface area contributed by atoms with Gasteiger partial charge in [0.1, 0.15) is 5.75 Å². The fraction of sp³-hybridized carbons (Fsp3) is 0.423. The third-order valence-corrected chi connectivity index (χ3v) is 9.00. The fourth-order valence-corrected chi connectivity index (χ4v) is 6.90. The van der Waals surface area contributed by atoms with Gasteiger partial charge in [0.15, 0.2) is 0 Å². The van der Waals surface area contributed by atoms with Gasteiger partial charge in [0, 0.05) is 6.04 Å². The van der Waals surface area contributed by atoms with Crippen molar-refractivity contribution in [3.05, 3.63) is 53.6 Å². The Hall–Kier alpha value is -2.14. The van der Waals surface area contributed by atoms with Gasteiger partial charge in [0.2, 0.25) is 0 Å². The lowest BCUT2D eigenvalue weighted by atomic mass is 9.95. The van der Waals surface area contributed by atoms with Gasteiger partial charge in [-0.3, -0.25) is 0 Å². The Morgan fingerprint density at radius 2 is 1.38 bits per heavy atom. The van der Waals surface area contributed by atoms with Crippen molar-refractivity contribution < 1.29 is 5.11 Å². The highest BCUT2D eigenvalue weighted by Gasteiger charge is 2.33. The number of phenolic OH excluding ortho intramolecular Hbond substituents is 1. The zero-order chi connectivity index (χ0) is 24.7. The maximum atomic E-state index is 10.1. The Bertz CT molecular complexity index is 1030. The molecule has 0 amide bonds. The SMILES string of the molecule is CCCCCCCCc1ccc(-c2ccc(O)cc2CCC[Si](N=C=S)(N=C=S)N=C=S)cc1. The Morgan fingerprint density at radius 3 is 2.00 bits per heavy atom. The molecule has 0 saturated heterocycles. The number of phenols is 1. The van der Waals surface area contributed by atoms with E-state index >= 15 is 0 Å². The standard InChI is InChI=1S/C26H31N3OS3Si/c1-2-3-4-5-6-7-9-22-11-13-23(14-12-22)26-16-15-25(30)18-24(26)10-8-17-34(27-19-31,28-20-32)29-21-33/h11-16,18,30H,2-10,17H2,1H3. The number of benzene rings is 2. The molecule has 1 N–H and O–H groups in total. The molecule has 0 atom stereocenters. The van der Waals surface area contributed by atoms with Crippen LogP contribution in [0.3, 0.4) is 0 Å². The number of aromatic hydroxyl groups is 1. The minimum Gasteiger partial charge on any atom is -0.508 e. The minimum atomic E-state index is -2.92. The molecule has 178 valence electrons. The molecule has 0 radical (unpaired) electrons. The summed E-state index contributed by atoms with van der Waals surface area (Å²) >= 11 is 14.3. The van der Waals surface area contributed by atoms with Gasteiger partial charge in [-0.2, -0.15) is 0 Å². The number of hydrogen-bond acceptors (Lipinski definition) is 7. The summed E-state index contributed by atoms with van der Waals surface area (Å²) in [7, 11) is -2.92. The van der Waals surface area contributed by atoms with Crippen LogP contribution in [0.25, 0.3) is 11.1 Å². The lowest BCUT2D eigenvalue weighted by Gasteiger charge is -2.14. The van der Waals surface area contributed by atoms with E-state index in [0.29, 0.717) is 12.5 Å². The number of isothiocyanates is 3. The third-order valence-electron chi connectivity index (χ3n) is 5.81. The van der Waals surface area contributed by atoms with E-state index < -0.39 is 8.56 Å². The first-order valence-corrected chi connectivity index (χ1v) is 15.0. The Labute approximate surface area is 220 Å². The van der Waals surface area contributed by atoms with E-state index in [1.165, 1.54) is 44.1 Å². The largest absolute Gasteiger partial charge is 0.508 e. The summed E-state index contributed by atoms with van der Waals surface area (Å²) in [5, 5.41) is 17.2. The van der Waals surface area contributed by atoms with Crippen LogP contribution in [0, 0.1) is 0 Å². The van der Waals surface area contributed by atoms with Crippen molar-refractivity contribution in [1.29, 1.82) is 0 Å². The van der Waals surface area contributed by atoms with E-state index in [4.69, 9.17) is 36.7 Å². The zero-order valence-corrected chi connectivity index (χ0v) is 23.1. The van der Waals surface area contributed by atoms with Gasteiger partial charge >= 0.3 is 8.56 Å². The fourth-order valence-electron chi connectivity index (χ4n) is 4.01. The third kappa shape index (κ3) is 9.25. The van der Waals surface area contributed by atoms with Gasteiger partial charge < -0.3 is 5.11 Å². The van der Waals surface area contributed by atoms with Crippen LogP contribution < -0.4 is 0 Å². The zero-order valence-electron chi connectivity index (χ0n) is 19.6. The number of rotatable bonds is 15. The van der Waals surface area contributed by atoms with Gasteiger partial charge in [0.05, 0.1) is 15.5 Å². The van der Waals surface area contributed by atoms with Crippen molar-refractivity contribution in [3.63, 3.8) is 0 Å². The van der Waals surface area contributed by atoms with Gasteiger partial charge in [-0.1, -0.05) is 69.4 Å². The Kier molecular flexibility index (Phi) is 13.0. The lowest BCUT2D eigenvalue weighted by molar-refractivity contribution is 0.474. The summed E-state index contributed by atoms with van der Waals surface area (Å²) in [4.78, 5) is 0. The van der Waals surface area contributed by atoms with E-state index in [2.05, 4.69) is 60.6 Å². The molecule has 0 bridgehead atoms. The molecule has 2 rings (SSSR count). The van der Waals surface area contributed by atoms with Crippen LogP contribution in [0.2, 0.25) is 6.04 Å². The molecule has 0 aliphatic rings. The second-order valence-electron chi connectivity index (χ2n) is 8.29. The number of hydrogen-bond donors (Lipinski definition) is 1. The summed E-state index contributed by atoms with van der Waals surface area (Å²) in [6, 6.07) is 14.8. The highest BCUT2D eigenvalue weighted by molar-refractivity contribution is 7.78. The highest BCUT2D eigenvalue weighted by Crippen LogP contribution is 2.30. The normalized spacial score (nSPS) is 12.0. The number of thiocarbonyl (C=S) groups is 3. The maximum Gasteiger partial charge on any atom is 0.461 e. The Morgan fingerprint density at radius 1 is 0.765 bits per heavy atom. The van der Waals surface area contributed by atoms with Crippen molar-refractivity contribution in [2.75, 3.05) is 0 Å². The van der Waals surface area contributed by atoms with Crippen LogP contribution in [0.15, 0.2) is 56.4 Å². The second kappa shape index (κ2) is 15.7. The topological polar surface area (TPSA) is 57.3 Å². The molecule has 4 nitrogen and oxygen atoms in total. The molecule has 2 aromatic rings. The summed E-state index contributed by atoms with van der Waals surface area (Å²) < 4.78 is 12.5. The molecular weight excluding hydrogens is 495 g/mol. The highest BCUT2D eigenvalue weighted by atomic mass is 32.1. The van der Waals surface area contributed by atoms with Crippen LogP contribution in [0.4, 0.5) is 0 Å². The molecular formula is C26H31N3OS3Si. The van der Waals surface area contributed by atoms with Crippen LogP contribution >= 0.6 is 36.7 Å². The monoisotopic (exact) mass is 525 g/mol. The molecule has 0 heterocycles. The Balaban J connectivity index is 2.09. The number of unbranched alkanes of at least 4 members (excludes halogenated alkanes) is 5. The van der Waals surface area contributed by atoms with Crippen LogP contribution in [-0.4, -0.2) is 29.1 Å². The van der Waals surface area contributed by atoms with Gasteiger partial charge in [0.25, 0.3) is 0 Å². The van der Waals surface area contributed by atoms with Crippen molar-refractivity contribution in [2.24, 2.45) is 14.0 Å². The average molecular weight is 526 g/mol. The van der Waals surface area contributed by atoms with Crippen molar-refractivity contribution in [1.82, 2.24) is 0 Å². The summed E-state index contributed by atoms with van der Waals surface area (Å²) in [6.07, 6.45) is 10.4. The minimum absolute atomic E-state index is 0.243. The summed E-state index contributed by atoms with van der Waals surface area (Å²) in [5.74, 6) is 0.243. The maximum absolute atomic E-state index is 10.1. The predicted molar refractivity (Wildman–Crippen MR) is 155 cm³/mol. The molecule has 34 heavy (non-hydrogen) atoms. The molecule has 0 aliphatic carbocycles. The predicted octanol–water partition coefficient (Wildman–Crippen LogP) is 8.14. The van der Waals surface area contributed by atoms with E-state index in [0.717, 1.165) is 29.5 Å². The average Bonchev–Trinajstić information content (AvgIpc) is 2.82. The molecule has 2 aromatic carbocycles. The molecule has 0 aliphatic heterocycles. The first-order chi connectivity index (χ1) is 16.6. The van der Waals surface area contributed by atoms with Crippen LogP contribution in [-0.2, 0) is 12.8 Å². The quantitative estimate of drug-likeness (QED) is 0.110. The van der Waals surface area contributed by atoms with Gasteiger partial charge in [-0.05, 0) is 96.7 Å². The first kappa shape index (κ1) is 28.1. The second-order valence-corrected chi connectivity index (χ2v) is 11.6. The van der Waals surface area contributed by atoms with E-state index in [-0.39, 0.29) is 5.75 Å². The van der Waals surface area contributed by atoms with E-state index in [1.807, 2.05) is 12.1 Å². The van der Waals surface area contributed by atoms with Crippen molar-refractivity contribution >= 4 is 60.7 Å². The molecule has 0 unspecified atom stereocenters. The summed E-state index contributed by atoms with van der Waals surface area (Å²) in [6.45, 7) is 2.25. The molecule has 0 saturated carbocycles. The van der Waals surface area contributed by atoms with Gasteiger partial charge in [-0.15, -0.1) is 0 Å². The molecule has 0 fully saturated rings. The van der Waals surface area contributed by atoms with Gasteiger partial charge in [-0.25, -0.2) is 14.0 Å². The molecule has 0 spiro atoms. The van der Waals surface area contributed by atoms with Crippen LogP contribution in [0.5, 0.6) is 5.75 Å². The van der Waals surface area contributed by atoms with Crippen LogP contribution in [0.1, 0.15) is 63.0 Å². The first-order valence-electron chi connectivity index (χ1n) is 11.8. The van der Waals surface area contributed by atoms with Crippen molar-refractivity contribution in [2.45, 2.75) is 70.8 Å².